The van der Waals surface area contributed by atoms with Crippen molar-refractivity contribution in [3.8, 4) is 5.75 Å². The Hall–Kier alpha value is -1.60. The molecule has 3 rings (SSSR count). The van der Waals surface area contributed by atoms with Gasteiger partial charge in [0, 0.05) is 0 Å². The predicted molar refractivity (Wildman–Crippen MR) is 82.1 cm³/mol. The van der Waals surface area contributed by atoms with Gasteiger partial charge in [0.05, 0.1) is 22.9 Å². The second-order valence-corrected chi connectivity index (χ2v) is 6.85. The highest BCUT2D eigenvalue weighted by Gasteiger charge is 2.52. The number of carbonyl (C=O) groups is 1. The molecule has 2 N–H and O–H groups in total. The van der Waals surface area contributed by atoms with Gasteiger partial charge in [0.1, 0.15) is 0 Å². The highest BCUT2D eigenvalue weighted by molar-refractivity contribution is 6.61. The Bertz CT molecular complexity index is 598. The van der Waals surface area contributed by atoms with Crippen LogP contribution < -0.4 is 16.1 Å². The van der Waals surface area contributed by atoms with Crippen molar-refractivity contribution in [1.82, 2.24) is 4.98 Å². The Morgan fingerprint density at radius 2 is 1.86 bits per heavy atom. The van der Waals surface area contributed by atoms with Crippen LogP contribution in [0.15, 0.2) is 12.1 Å². The molecule has 1 aromatic heterocycles. The normalized spacial score (nSPS) is 22.6. The van der Waals surface area contributed by atoms with E-state index in [-0.39, 0.29) is 11.8 Å². The molecule has 22 heavy (non-hydrogen) atoms. The first-order chi connectivity index (χ1) is 10.2. The van der Waals surface area contributed by atoms with Gasteiger partial charge >= 0.3 is 7.12 Å². The fraction of sp³-hybridized carbons (Fsp3) is 0.600. The molecular weight excluding hydrogens is 283 g/mol. The lowest BCUT2D eigenvalue weighted by Crippen LogP contribution is -2.41. The molecule has 0 unspecified atom stereocenters. The number of amides is 1. The minimum atomic E-state index is -0.627. The smallest absolute Gasteiger partial charge is 0.488 e. The Kier molecular flexibility index (Phi) is 3.45. The monoisotopic (exact) mass is 304 g/mol. The largest absolute Gasteiger partial charge is 0.514 e. The van der Waals surface area contributed by atoms with E-state index in [1.165, 1.54) is 0 Å². The molecule has 0 aromatic carbocycles. The summed E-state index contributed by atoms with van der Waals surface area (Å²) < 4.78 is 17.6. The lowest BCUT2D eigenvalue weighted by Gasteiger charge is -2.32. The fourth-order valence-electron chi connectivity index (χ4n) is 2.19. The van der Waals surface area contributed by atoms with E-state index in [0.717, 1.165) is 12.8 Å². The summed E-state index contributed by atoms with van der Waals surface area (Å²) in [5.74, 6) is -0.190. The molecule has 6 nitrogen and oxygen atoms in total. The van der Waals surface area contributed by atoms with E-state index in [9.17, 15) is 4.79 Å². The van der Waals surface area contributed by atoms with Gasteiger partial charge in [-0.05, 0) is 52.7 Å². The topological polar surface area (TPSA) is 83.7 Å². The molecule has 0 radical (unpaired) electrons. The quantitative estimate of drug-likeness (QED) is 0.840. The number of primary amides is 1. The van der Waals surface area contributed by atoms with E-state index in [2.05, 4.69) is 4.98 Å². The molecule has 1 saturated heterocycles. The standard InChI is InChI=1S/C15H21BN2O4/c1-14(2)15(3,4)22-16(21-14)11-8-7-10(20-9-5-6-9)12(18-11)13(17)19/h7-9H,5-6H2,1-4H3,(H2,17,19). The molecule has 2 fully saturated rings. The van der Waals surface area contributed by atoms with Crippen LogP contribution in [-0.4, -0.2) is 35.3 Å². The Morgan fingerprint density at radius 3 is 2.36 bits per heavy atom. The van der Waals surface area contributed by atoms with Crippen LogP contribution in [0.1, 0.15) is 51.0 Å². The maximum Gasteiger partial charge on any atom is 0.514 e. The summed E-state index contributed by atoms with van der Waals surface area (Å²) >= 11 is 0. The van der Waals surface area contributed by atoms with Crippen molar-refractivity contribution >= 4 is 18.6 Å². The van der Waals surface area contributed by atoms with E-state index in [1.54, 1.807) is 12.1 Å². The maximum absolute atomic E-state index is 11.6. The Labute approximate surface area is 130 Å². The summed E-state index contributed by atoms with van der Waals surface area (Å²) in [5, 5.41) is 0. The number of hydrogen-bond donors (Lipinski definition) is 1. The summed E-state index contributed by atoms with van der Waals surface area (Å²) in [7, 11) is -0.627. The average molecular weight is 304 g/mol. The van der Waals surface area contributed by atoms with Crippen molar-refractivity contribution < 1.29 is 18.8 Å². The number of hydrogen-bond acceptors (Lipinski definition) is 5. The SMILES string of the molecule is CC1(C)OB(c2ccc(OC3CC3)c(C(N)=O)n2)OC1(C)C. The van der Waals surface area contributed by atoms with Crippen molar-refractivity contribution in [2.75, 3.05) is 0 Å². The molecule has 118 valence electrons. The second kappa shape index (κ2) is 4.96. The van der Waals surface area contributed by atoms with Crippen molar-refractivity contribution in [1.29, 1.82) is 0 Å². The highest BCUT2D eigenvalue weighted by Crippen LogP contribution is 2.36. The van der Waals surface area contributed by atoms with Crippen LogP contribution in [0.4, 0.5) is 0 Å². The van der Waals surface area contributed by atoms with Crippen LogP contribution in [-0.2, 0) is 9.31 Å². The summed E-state index contributed by atoms with van der Waals surface area (Å²) in [6.07, 6.45) is 2.16. The van der Waals surface area contributed by atoms with E-state index in [4.69, 9.17) is 19.8 Å². The van der Waals surface area contributed by atoms with Gasteiger partial charge in [0.15, 0.2) is 11.4 Å². The Morgan fingerprint density at radius 1 is 1.27 bits per heavy atom. The van der Waals surface area contributed by atoms with Gasteiger partial charge in [0.2, 0.25) is 0 Å². The molecular formula is C15H21BN2O4. The van der Waals surface area contributed by atoms with Gasteiger partial charge in [-0.2, -0.15) is 0 Å². The van der Waals surface area contributed by atoms with E-state index >= 15 is 0 Å². The molecule has 2 aliphatic rings. The lowest BCUT2D eigenvalue weighted by atomic mass is 9.84. The molecule has 1 aliphatic carbocycles. The van der Waals surface area contributed by atoms with E-state index in [1.807, 2.05) is 27.7 Å². The molecule has 2 heterocycles. The zero-order valence-corrected chi connectivity index (χ0v) is 13.4. The molecule has 1 aliphatic heterocycles. The first kappa shape index (κ1) is 15.3. The van der Waals surface area contributed by atoms with Crippen LogP contribution in [0, 0.1) is 0 Å². The van der Waals surface area contributed by atoms with Crippen molar-refractivity contribution in [3.63, 3.8) is 0 Å². The van der Waals surface area contributed by atoms with Crippen LogP contribution in [0.3, 0.4) is 0 Å². The van der Waals surface area contributed by atoms with Gasteiger partial charge in [-0.25, -0.2) is 4.98 Å². The number of rotatable bonds is 4. The van der Waals surface area contributed by atoms with Gasteiger partial charge in [-0.3, -0.25) is 4.79 Å². The number of nitrogens with two attached hydrogens (primary N) is 1. The predicted octanol–water partition coefficient (Wildman–Crippen LogP) is 1.02. The molecule has 0 atom stereocenters. The molecule has 0 bridgehead atoms. The molecule has 7 heteroatoms. The van der Waals surface area contributed by atoms with Crippen molar-refractivity contribution in [3.05, 3.63) is 17.8 Å². The third-order valence-electron chi connectivity index (χ3n) is 4.43. The van der Waals surface area contributed by atoms with Gasteiger partial charge < -0.3 is 19.8 Å². The van der Waals surface area contributed by atoms with Crippen LogP contribution >= 0.6 is 0 Å². The molecule has 1 aromatic rings. The number of ether oxygens (including phenoxy) is 1. The summed E-state index contributed by atoms with van der Waals surface area (Å²) in [6.45, 7) is 7.86. The van der Waals surface area contributed by atoms with Gasteiger partial charge in [0.25, 0.3) is 5.91 Å². The maximum atomic E-state index is 11.6. The second-order valence-electron chi connectivity index (χ2n) is 6.85. The van der Waals surface area contributed by atoms with E-state index in [0.29, 0.717) is 11.3 Å². The molecule has 0 spiro atoms. The fourth-order valence-corrected chi connectivity index (χ4v) is 2.19. The van der Waals surface area contributed by atoms with Crippen LogP contribution in [0.2, 0.25) is 0 Å². The molecule has 1 saturated carbocycles. The van der Waals surface area contributed by atoms with Crippen molar-refractivity contribution in [2.24, 2.45) is 5.73 Å². The summed E-state index contributed by atoms with van der Waals surface area (Å²) in [5.41, 5.74) is 5.14. The number of aromatic nitrogens is 1. The zero-order chi connectivity index (χ0) is 16.1. The number of nitrogens with zero attached hydrogens (tertiary/aromatic N) is 1. The lowest BCUT2D eigenvalue weighted by molar-refractivity contribution is 0.00578. The molecule has 1 amide bonds. The number of carbonyl (C=O) groups excluding carboxylic acids is 1. The minimum absolute atomic E-state index is 0.124. The van der Waals surface area contributed by atoms with Crippen LogP contribution in [0.25, 0.3) is 0 Å². The van der Waals surface area contributed by atoms with E-state index < -0.39 is 24.2 Å². The average Bonchev–Trinajstić information content (AvgIpc) is 3.17. The third-order valence-corrected chi connectivity index (χ3v) is 4.43. The highest BCUT2D eigenvalue weighted by atomic mass is 16.7. The minimum Gasteiger partial charge on any atom is -0.488 e. The van der Waals surface area contributed by atoms with Crippen LogP contribution in [0.5, 0.6) is 5.75 Å². The van der Waals surface area contributed by atoms with Gasteiger partial charge in [-0.15, -0.1) is 0 Å². The van der Waals surface area contributed by atoms with Gasteiger partial charge in [-0.1, -0.05) is 0 Å². The first-order valence-electron chi connectivity index (χ1n) is 7.53. The zero-order valence-electron chi connectivity index (χ0n) is 13.4. The third kappa shape index (κ3) is 2.70. The summed E-state index contributed by atoms with van der Waals surface area (Å²) in [4.78, 5) is 16.0. The Balaban J connectivity index is 1.89. The first-order valence-corrected chi connectivity index (χ1v) is 7.53. The number of pyridine rings is 1. The van der Waals surface area contributed by atoms with Crippen molar-refractivity contribution in [2.45, 2.75) is 57.8 Å². The summed E-state index contributed by atoms with van der Waals surface area (Å²) in [6, 6.07) is 3.47.